The van der Waals surface area contributed by atoms with Crippen molar-refractivity contribution in [3.05, 3.63) is 52.0 Å². The fourth-order valence-corrected chi connectivity index (χ4v) is 1.49. The zero-order valence-corrected chi connectivity index (χ0v) is 10.4. The monoisotopic (exact) mass is 274 g/mol. The fourth-order valence-electron chi connectivity index (χ4n) is 1.49. The Morgan fingerprint density at radius 1 is 1.35 bits per heavy atom. The summed E-state index contributed by atoms with van der Waals surface area (Å²) < 4.78 is 0. The van der Waals surface area contributed by atoms with Crippen molar-refractivity contribution in [2.45, 2.75) is 6.92 Å². The molecule has 8 nitrogen and oxygen atoms in total. The van der Waals surface area contributed by atoms with Gasteiger partial charge in [-0.2, -0.15) is 0 Å². The van der Waals surface area contributed by atoms with Gasteiger partial charge in [0.25, 0.3) is 0 Å². The minimum absolute atomic E-state index is 0.138. The van der Waals surface area contributed by atoms with Gasteiger partial charge in [-0.25, -0.2) is 9.78 Å². The molecule has 0 fully saturated rings. The first-order chi connectivity index (χ1) is 9.47. The predicted octanol–water partition coefficient (Wildman–Crippen LogP) is 2.14. The van der Waals surface area contributed by atoms with Gasteiger partial charge in [0.2, 0.25) is 5.82 Å². The predicted molar refractivity (Wildman–Crippen MR) is 70.1 cm³/mol. The molecular formula is C12H10N4O4. The van der Waals surface area contributed by atoms with Crippen LogP contribution < -0.4 is 5.32 Å². The zero-order valence-electron chi connectivity index (χ0n) is 10.4. The Bertz CT molecular complexity index is 670. The lowest BCUT2D eigenvalue weighted by atomic mass is 10.3. The third-order valence-corrected chi connectivity index (χ3v) is 2.46. The van der Waals surface area contributed by atoms with E-state index in [1.165, 1.54) is 6.20 Å². The molecule has 102 valence electrons. The number of rotatable bonds is 4. The number of carboxylic acid groups (broad SMARTS) is 1. The summed E-state index contributed by atoms with van der Waals surface area (Å²) in [5.74, 6) is -1.40. The maximum absolute atomic E-state index is 10.9. The molecule has 0 bridgehead atoms. The lowest BCUT2D eigenvalue weighted by Gasteiger charge is -2.06. The lowest BCUT2D eigenvalue weighted by molar-refractivity contribution is -0.384. The molecule has 2 N–H and O–H groups in total. The van der Waals surface area contributed by atoms with Crippen molar-refractivity contribution in [2.75, 3.05) is 5.32 Å². The molecule has 0 aliphatic carbocycles. The number of carboxylic acids is 1. The van der Waals surface area contributed by atoms with Gasteiger partial charge in [-0.15, -0.1) is 0 Å². The summed E-state index contributed by atoms with van der Waals surface area (Å²) in [5.41, 5.74) is 0.680. The van der Waals surface area contributed by atoms with Crippen LogP contribution in [0.1, 0.15) is 16.2 Å². The van der Waals surface area contributed by atoms with E-state index in [0.717, 1.165) is 17.8 Å². The summed E-state index contributed by atoms with van der Waals surface area (Å²) >= 11 is 0. The SMILES string of the molecule is Cc1ccc(Nc2nc(C(=O)O)ccc2[N+](=O)[O-])cn1. The molecule has 0 spiro atoms. The molecule has 2 aromatic rings. The van der Waals surface area contributed by atoms with Crippen LogP contribution >= 0.6 is 0 Å². The maximum Gasteiger partial charge on any atom is 0.354 e. The van der Waals surface area contributed by atoms with Crippen LogP contribution in [0.5, 0.6) is 0 Å². The minimum Gasteiger partial charge on any atom is -0.477 e. The molecule has 0 aromatic carbocycles. The van der Waals surface area contributed by atoms with Crippen LogP contribution in [-0.4, -0.2) is 26.0 Å². The number of anilines is 2. The average Bonchev–Trinajstić information content (AvgIpc) is 2.41. The Labute approximate surface area is 113 Å². The van der Waals surface area contributed by atoms with Gasteiger partial charge in [-0.1, -0.05) is 0 Å². The standard InChI is InChI=1S/C12H10N4O4/c1-7-2-3-8(6-13-7)14-11-10(16(19)20)5-4-9(15-11)12(17)18/h2-6H,1H3,(H,14,15)(H,17,18). The number of aromatic carboxylic acids is 1. The van der Waals surface area contributed by atoms with Crippen LogP contribution in [-0.2, 0) is 0 Å². The van der Waals surface area contributed by atoms with Gasteiger partial charge in [0.1, 0.15) is 0 Å². The van der Waals surface area contributed by atoms with Crippen molar-refractivity contribution >= 4 is 23.2 Å². The van der Waals surface area contributed by atoms with Gasteiger partial charge in [0.05, 0.1) is 16.8 Å². The normalized spacial score (nSPS) is 10.1. The third kappa shape index (κ3) is 2.86. The average molecular weight is 274 g/mol. The Kier molecular flexibility index (Phi) is 3.56. The molecule has 20 heavy (non-hydrogen) atoms. The van der Waals surface area contributed by atoms with Gasteiger partial charge >= 0.3 is 11.7 Å². The molecule has 0 unspecified atom stereocenters. The van der Waals surface area contributed by atoms with Crippen LogP contribution in [0.2, 0.25) is 0 Å². The second-order valence-corrected chi connectivity index (χ2v) is 3.94. The fraction of sp³-hybridized carbons (Fsp3) is 0.0833. The lowest BCUT2D eigenvalue weighted by Crippen LogP contribution is -2.06. The van der Waals surface area contributed by atoms with Gasteiger partial charge in [0.15, 0.2) is 5.69 Å². The van der Waals surface area contributed by atoms with Crippen LogP contribution in [0.15, 0.2) is 30.5 Å². The molecule has 0 aliphatic rings. The second kappa shape index (κ2) is 5.31. The van der Waals surface area contributed by atoms with Gasteiger partial charge in [-0.3, -0.25) is 15.1 Å². The molecule has 2 heterocycles. The van der Waals surface area contributed by atoms with Crippen molar-refractivity contribution in [1.29, 1.82) is 0 Å². The molecule has 0 saturated carbocycles. The number of carbonyl (C=O) groups is 1. The van der Waals surface area contributed by atoms with Crippen molar-refractivity contribution in [3.8, 4) is 0 Å². The number of nitrogens with zero attached hydrogens (tertiary/aromatic N) is 3. The number of aromatic nitrogens is 2. The van der Waals surface area contributed by atoms with Crippen molar-refractivity contribution in [2.24, 2.45) is 0 Å². The number of hydrogen-bond acceptors (Lipinski definition) is 6. The first kappa shape index (κ1) is 13.4. The van der Waals surface area contributed by atoms with E-state index < -0.39 is 10.9 Å². The van der Waals surface area contributed by atoms with E-state index in [1.54, 1.807) is 19.1 Å². The minimum atomic E-state index is -1.26. The summed E-state index contributed by atoms with van der Waals surface area (Å²) in [6.07, 6.45) is 1.48. The van der Waals surface area contributed by atoms with Gasteiger partial charge < -0.3 is 10.4 Å². The summed E-state index contributed by atoms with van der Waals surface area (Å²) in [6, 6.07) is 5.57. The Balaban J connectivity index is 2.41. The van der Waals surface area contributed by atoms with E-state index >= 15 is 0 Å². The first-order valence-electron chi connectivity index (χ1n) is 5.56. The first-order valence-corrected chi connectivity index (χ1v) is 5.56. The largest absolute Gasteiger partial charge is 0.477 e. The summed E-state index contributed by atoms with van der Waals surface area (Å²) in [5, 5.41) is 22.5. The third-order valence-electron chi connectivity index (χ3n) is 2.46. The molecule has 0 radical (unpaired) electrons. The number of aryl methyl sites for hydroxylation is 1. The van der Waals surface area contributed by atoms with E-state index in [9.17, 15) is 14.9 Å². The quantitative estimate of drug-likeness (QED) is 0.647. The highest BCUT2D eigenvalue weighted by atomic mass is 16.6. The van der Waals surface area contributed by atoms with E-state index in [-0.39, 0.29) is 17.2 Å². The van der Waals surface area contributed by atoms with E-state index in [0.29, 0.717) is 5.69 Å². The van der Waals surface area contributed by atoms with Crippen molar-refractivity contribution < 1.29 is 14.8 Å². The molecule has 0 saturated heterocycles. The van der Waals surface area contributed by atoms with E-state index in [1.807, 2.05) is 0 Å². The summed E-state index contributed by atoms with van der Waals surface area (Å²) in [7, 11) is 0. The van der Waals surface area contributed by atoms with E-state index in [4.69, 9.17) is 5.11 Å². The maximum atomic E-state index is 10.9. The molecule has 8 heteroatoms. The number of pyridine rings is 2. The van der Waals surface area contributed by atoms with Crippen LogP contribution in [0.4, 0.5) is 17.2 Å². The topological polar surface area (TPSA) is 118 Å². The van der Waals surface area contributed by atoms with Crippen LogP contribution in [0.3, 0.4) is 0 Å². The highest BCUT2D eigenvalue weighted by molar-refractivity contribution is 5.86. The smallest absolute Gasteiger partial charge is 0.354 e. The Hall–Kier alpha value is -3.03. The van der Waals surface area contributed by atoms with Gasteiger partial charge in [-0.05, 0) is 25.1 Å². The summed E-state index contributed by atoms with van der Waals surface area (Å²) in [6.45, 7) is 1.80. The number of hydrogen-bond donors (Lipinski definition) is 2. The van der Waals surface area contributed by atoms with E-state index in [2.05, 4.69) is 15.3 Å². The molecular weight excluding hydrogens is 264 g/mol. The molecule has 2 rings (SSSR count). The second-order valence-electron chi connectivity index (χ2n) is 3.94. The highest BCUT2D eigenvalue weighted by Crippen LogP contribution is 2.25. The molecule has 0 amide bonds. The van der Waals surface area contributed by atoms with Gasteiger partial charge in [0, 0.05) is 11.8 Å². The van der Waals surface area contributed by atoms with Crippen LogP contribution in [0.25, 0.3) is 0 Å². The number of nitrogens with one attached hydrogen (secondary N) is 1. The summed E-state index contributed by atoms with van der Waals surface area (Å²) in [4.78, 5) is 28.9. The van der Waals surface area contributed by atoms with Crippen LogP contribution in [0, 0.1) is 17.0 Å². The molecule has 0 atom stereocenters. The number of nitro groups is 1. The van der Waals surface area contributed by atoms with Crippen molar-refractivity contribution in [3.63, 3.8) is 0 Å². The molecule has 2 aromatic heterocycles. The van der Waals surface area contributed by atoms with Crippen molar-refractivity contribution in [1.82, 2.24) is 9.97 Å². The Morgan fingerprint density at radius 2 is 2.10 bits per heavy atom. The zero-order chi connectivity index (χ0) is 14.7. The highest BCUT2D eigenvalue weighted by Gasteiger charge is 2.18. The molecule has 0 aliphatic heterocycles. The Morgan fingerprint density at radius 3 is 2.65 bits per heavy atom.